The highest BCUT2D eigenvalue weighted by Crippen LogP contribution is 2.39. The molecule has 27 heavy (non-hydrogen) atoms. The molecule has 0 bridgehead atoms. The van der Waals surface area contributed by atoms with Crippen LogP contribution in [-0.2, 0) is 4.57 Å². The fourth-order valence-electron chi connectivity index (χ4n) is 2.36. The predicted molar refractivity (Wildman–Crippen MR) is 94.2 cm³/mol. The number of nitroso groups, excluding NO2 is 1. The molecule has 2 aromatic carbocycles. The van der Waals surface area contributed by atoms with Crippen molar-refractivity contribution in [2.45, 2.75) is 0 Å². The standard InChI is InChI=1S/C16H12NO9P/c18-11-4-1-8(5-12(11)19)15-16(25-7-27(22,23)24)14(20)10-3-2-9(17-21)6-13(10)26-15/h1-6,18-19H,7H2,(H2,22,23,24). The van der Waals surface area contributed by atoms with Gasteiger partial charge in [-0.05, 0) is 35.5 Å². The van der Waals surface area contributed by atoms with Gasteiger partial charge in [-0.2, -0.15) is 0 Å². The van der Waals surface area contributed by atoms with E-state index in [1.165, 1.54) is 24.3 Å². The van der Waals surface area contributed by atoms with Crippen molar-refractivity contribution in [3.05, 3.63) is 51.5 Å². The van der Waals surface area contributed by atoms with Crippen LogP contribution in [-0.4, -0.2) is 26.3 Å². The molecule has 0 spiro atoms. The number of hydrogen-bond acceptors (Lipinski definition) is 8. The number of rotatable bonds is 5. The van der Waals surface area contributed by atoms with Crippen LogP contribution in [0.3, 0.4) is 0 Å². The van der Waals surface area contributed by atoms with Crippen molar-refractivity contribution in [1.29, 1.82) is 0 Å². The zero-order valence-corrected chi connectivity index (χ0v) is 14.3. The molecular weight excluding hydrogens is 381 g/mol. The zero-order chi connectivity index (χ0) is 19.8. The van der Waals surface area contributed by atoms with Gasteiger partial charge in [0.25, 0.3) is 0 Å². The lowest BCUT2D eigenvalue weighted by Crippen LogP contribution is -2.11. The van der Waals surface area contributed by atoms with Crippen molar-refractivity contribution in [2.24, 2.45) is 5.18 Å². The van der Waals surface area contributed by atoms with Crippen molar-refractivity contribution in [1.82, 2.24) is 0 Å². The van der Waals surface area contributed by atoms with Crippen LogP contribution in [0.25, 0.3) is 22.3 Å². The minimum atomic E-state index is -4.60. The molecule has 4 N–H and O–H groups in total. The van der Waals surface area contributed by atoms with Crippen molar-refractivity contribution in [3.8, 4) is 28.6 Å². The molecule has 11 heteroatoms. The third-order valence-electron chi connectivity index (χ3n) is 3.55. The van der Waals surface area contributed by atoms with E-state index in [9.17, 15) is 24.5 Å². The normalized spacial score (nSPS) is 11.5. The maximum absolute atomic E-state index is 12.7. The van der Waals surface area contributed by atoms with Crippen LogP contribution in [0.5, 0.6) is 17.2 Å². The molecule has 0 saturated heterocycles. The topological polar surface area (TPSA) is 167 Å². The molecule has 0 aliphatic rings. The summed E-state index contributed by atoms with van der Waals surface area (Å²) >= 11 is 0. The molecule has 1 aromatic heterocycles. The highest BCUT2D eigenvalue weighted by molar-refractivity contribution is 7.51. The summed E-state index contributed by atoms with van der Waals surface area (Å²) in [5, 5.41) is 21.9. The predicted octanol–water partition coefficient (Wildman–Crippen LogP) is 2.78. The Kier molecular flexibility index (Phi) is 4.71. The van der Waals surface area contributed by atoms with E-state index in [1.54, 1.807) is 0 Å². The van der Waals surface area contributed by atoms with E-state index in [2.05, 4.69) is 5.18 Å². The van der Waals surface area contributed by atoms with E-state index in [1.807, 2.05) is 0 Å². The van der Waals surface area contributed by atoms with Crippen LogP contribution in [0, 0.1) is 4.91 Å². The van der Waals surface area contributed by atoms with E-state index in [0.717, 1.165) is 12.1 Å². The van der Waals surface area contributed by atoms with Gasteiger partial charge in [0.05, 0.1) is 5.39 Å². The molecule has 140 valence electrons. The van der Waals surface area contributed by atoms with Crippen molar-refractivity contribution < 1.29 is 33.7 Å². The lowest BCUT2D eigenvalue weighted by Gasteiger charge is -2.12. The first kappa shape index (κ1) is 18.6. The van der Waals surface area contributed by atoms with Gasteiger partial charge in [-0.25, -0.2) is 0 Å². The van der Waals surface area contributed by atoms with Gasteiger partial charge in [0.1, 0.15) is 11.3 Å². The molecule has 0 fully saturated rings. The van der Waals surface area contributed by atoms with Crippen LogP contribution >= 0.6 is 7.60 Å². The Balaban J connectivity index is 2.29. The maximum atomic E-state index is 12.7. The van der Waals surface area contributed by atoms with Gasteiger partial charge in [-0.3, -0.25) is 9.36 Å². The van der Waals surface area contributed by atoms with Crippen LogP contribution in [0.1, 0.15) is 0 Å². The van der Waals surface area contributed by atoms with Crippen LogP contribution in [0.2, 0.25) is 0 Å². The Morgan fingerprint density at radius 1 is 1.07 bits per heavy atom. The summed E-state index contributed by atoms with van der Waals surface area (Å²) < 4.78 is 21.7. The van der Waals surface area contributed by atoms with Crippen LogP contribution in [0.15, 0.2) is 50.8 Å². The SMILES string of the molecule is O=Nc1ccc2c(=O)c(OCP(=O)(O)O)c(-c3ccc(O)c(O)c3)oc2c1. The Labute approximate surface area is 150 Å². The number of fused-ring (bicyclic) bond motifs is 1. The monoisotopic (exact) mass is 393 g/mol. The summed E-state index contributed by atoms with van der Waals surface area (Å²) in [4.78, 5) is 41.5. The zero-order valence-electron chi connectivity index (χ0n) is 13.4. The quantitative estimate of drug-likeness (QED) is 0.289. The largest absolute Gasteiger partial charge is 0.504 e. The molecule has 0 unspecified atom stereocenters. The third-order valence-corrected chi connectivity index (χ3v) is 4.02. The molecule has 0 aliphatic heterocycles. The first-order valence-electron chi connectivity index (χ1n) is 7.33. The van der Waals surface area contributed by atoms with Gasteiger partial charge in [-0.15, -0.1) is 4.91 Å². The number of benzene rings is 2. The second-order valence-electron chi connectivity index (χ2n) is 5.50. The Morgan fingerprint density at radius 3 is 2.44 bits per heavy atom. The third kappa shape index (κ3) is 3.82. The fourth-order valence-corrected chi connectivity index (χ4v) is 2.65. The second-order valence-corrected chi connectivity index (χ2v) is 7.09. The molecule has 3 rings (SSSR count). The smallest absolute Gasteiger partial charge is 0.362 e. The van der Waals surface area contributed by atoms with E-state index in [-0.39, 0.29) is 28.0 Å². The minimum Gasteiger partial charge on any atom is -0.504 e. The fraction of sp³-hybridized carbons (Fsp3) is 0.0625. The average Bonchev–Trinajstić information content (AvgIpc) is 2.61. The molecular formula is C16H12NO9P. The lowest BCUT2D eigenvalue weighted by atomic mass is 10.1. The Bertz CT molecular complexity index is 1150. The highest BCUT2D eigenvalue weighted by Gasteiger charge is 2.22. The molecule has 0 amide bonds. The molecule has 10 nitrogen and oxygen atoms in total. The number of phenols is 2. The van der Waals surface area contributed by atoms with E-state index < -0.39 is 36.6 Å². The highest BCUT2D eigenvalue weighted by atomic mass is 31.2. The van der Waals surface area contributed by atoms with E-state index in [0.29, 0.717) is 0 Å². The number of nitrogens with zero attached hydrogens (tertiary/aromatic N) is 1. The number of phenolic OH excluding ortho intramolecular Hbond substituents is 2. The summed E-state index contributed by atoms with van der Waals surface area (Å²) in [6, 6.07) is 7.24. The van der Waals surface area contributed by atoms with Gasteiger partial charge in [0, 0.05) is 11.6 Å². The molecule has 0 aliphatic carbocycles. The summed E-state index contributed by atoms with van der Waals surface area (Å²) in [7, 11) is -4.60. The van der Waals surface area contributed by atoms with Gasteiger partial charge in [-0.1, -0.05) is 0 Å². The maximum Gasteiger partial charge on any atom is 0.362 e. The van der Waals surface area contributed by atoms with Crippen molar-refractivity contribution in [2.75, 3.05) is 6.35 Å². The molecule has 0 saturated carbocycles. The number of ether oxygens (including phenoxy) is 1. The van der Waals surface area contributed by atoms with Gasteiger partial charge >= 0.3 is 7.60 Å². The molecule has 0 radical (unpaired) electrons. The van der Waals surface area contributed by atoms with Gasteiger partial charge in [0.15, 0.2) is 23.6 Å². The number of hydrogen-bond donors (Lipinski definition) is 4. The summed E-state index contributed by atoms with van der Waals surface area (Å²) in [6.07, 6.45) is -1.08. The lowest BCUT2D eigenvalue weighted by molar-refractivity contribution is 0.296. The van der Waals surface area contributed by atoms with Crippen LogP contribution < -0.4 is 10.2 Å². The Hall–Kier alpha value is -3.20. The number of aromatic hydroxyl groups is 2. The first-order valence-corrected chi connectivity index (χ1v) is 9.13. The second kappa shape index (κ2) is 6.84. The van der Waals surface area contributed by atoms with Crippen LogP contribution in [0.4, 0.5) is 5.69 Å². The summed E-state index contributed by atoms with van der Waals surface area (Å²) in [5.41, 5.74) is -0.684. The molecule has 3 aromatic rings. The summed E-state index contributed by atoms with van der Waals surface area (Å²) in [6.45, 7) is 0. The van der Waals surface area contributed by atoms with Crippen molar-refractivity contribution >= 4 is 24.3 Å². The van der Waals surface area contributed by atoms with Gasteiger partial charge in [0.2, 0.25) is 11.2 Å². The minimum absolute atomic E-state index is 0.00476. The molecule has 0 atom stereocenters. The average molecular weight is 393 g/mol. The molecule has 1 heterocycles. The Morgan fingerprint density at radius 2 is 1.81 bits per heavy atom. The van der Waals surface area contributed by atoms with Gasteiger partial charge < -0.3 is 29.2 Å². The van der Waals surface area contributed by atoms with Crippen molar-refractivity contribution in [3.63, 3.8) is 0 Å². The van der Waals surface area contributed by atoms with E-state index >= 15 is 0 Å². The van der Waals surface area contributed by atoms with E-state index in [4.69, 9.17) is 18.9 Å². The first-order chi connectivity index (χ1) is 12.7. The summed E-state index contributed by atoms with van der Waals surface area (Å²) in [5.74, 6) is -1.69.